The molecule has 0 amide bonds. The Morgan fingerprint density at radius 3 is 3.00 bits per heavy atom. The third-order valence-electron chi connectivity index (χ3n) is 3.01. The third-order valence-corrected chi connectivity index (χ3v) is 3.01. The molecule has 0 atom stereocenters. The van der Waals surface area contributed by atoms with E-state index in [0.717, 1.165) is 6.20 Å². The maximum absolute atomic E-state index is 14.0. The number of hydrogen-bond acceptors (Lipinski definition) is 3. The zero-order valence-corrected chi connectivity index (χ0v) is 9.92. The summed E-state index contributed by atoms with van der Waals surface area (Å²) in [4.78, 5) is 11.1. The molecular weight excluding hydrogens is 251 g/mol. The normalized spacial score (nSPS) is 11.1. The van der Waals surface area contributed by atoms with Crippen LogP contribution in [0.5, 0.6) is 0 Å². The molecule has 96 valence electrons. The summed E-state index contributed by atoms with van der Waals surface area (Å²) in [5.74, 6) is -1.53. The van der Waals surface area contributed by atoms with Crippen molar-refractivity contribution >= 4 is 16.9 Å². The molecule has 0 aliphatic heterocycles. The van der Waals surface area contributed by atoms with Gasteiger partial charge in [0.15, 0.2) is 5.76 Å². The maximum Gasteiger partial charge on any atom is 0.341 e. The van der Waals surface area contributed by atoms with Crippen molar-refractivity contribution in [1.29, 1.82) is 0 Å². The quantitative estimate of drug-likeness (QED) is 0.769. The number of carbonyl (C=O) groups is 1. The zero-order chi connectivity index (χ0) is 13.6. The summed E-state index contributed by atoms with van der Waals surface area (Å²) in [6, 6.07) is 4.67. The highest BCUT2D eigenvalue weighted by atomic mass is 19.1. The van der Waals surface area contributed by atoms with Gasteiger partial charge in [0, 0.05) is 24.2 Å². The molecule has 0 fully saturated rings. The summed E-state index contributed by atoms with van der Waals surface area (Å²) in [7, 11) is 1.75. The van der Waals surface area contributed by atoms with Crippen molar-refractivity contribution in [2.24, 2.45) is 7.05 Å². The van der Waals surface area contributed by atoms with Crippen molar-refractivity contribution in [3.8, 4) is 11.3 Å². The molecule has 1 aromatic carbocycles. The van der Waals surface area contributed by atoms with E-state index in [2.05, 4.69) is 5.16 Å². The second kappa shape index (κ2) is 3.94. The van der Waals surface area contributed by atoms with Gasteiger partial charge < -0.3 is 14.2 Å². The predicted octanol–water partition coefficient (Wildman–Crippen LogP) is 2.67. The molecule has 0 saturated carbocycles. The Hall–Kier alpha value is -2.63. The molecule has 3 rings (SSSR count). The van der Waals surface area contributed by atoms with E-state index in [4.69, 9.17) is 9.63 Å². The van der Waals surface area contributed by atoms with Crippen LogP contribution in [0, 0.1) is 5.82 Å². The van der Waals surface area contributed by atoms with Crippen LogP contribution in [-0.4, -0.2) is 20.8 Å². The molecular formula is C13H9FN2O3. The number of aryl methyl sites for hydroxylation is 1. The molecule has 1 N–H and O–H groups in total. The van der Waals surface area contributed by atoms with Crippen LogP contribution in [0.15, 0.2) is 35.1 Å². The predicted molar refractivity (Wildman–Crippen MR) is 65.3 cm³/mol. The second-order valence-electron chi connectivity index (χ2n) is 4.16. The van der Waals surface area contributed by atoms with Crippen molar-refractivity contribution in [1.82, 2.24) is 9.72 Å². The van der Waals surface area contributed by atoms with E-state index in [1.165, 1.54) is 6.07 Å². The molecule has 0 bridgehead atoms. The number of aromatic nitrogens is 2. The van der Waals surface area contributed by atoms with Crippen LogP contribution in [0.3, 0.4) is 0 Å². The SMILES string of the molecule is Cn1cc(-c2oncc2C(=O)O)c2c(F)cccc21. The molecule has 3 aromatic rings. The molecule has 0 unspecified atom stereocenters. The fourth-order valence-electron chi connectivity index (χ4n) is 2.16. The van der Waals surface area contributed by atoms with Crippen LogP contribution in [0.1, 0.15) is 10.4 Å². The van der Waals surface area contributed by atoms with E-state index < -0.39 is 11.8 Å². The van der Waals surface area contributed by atoms with Gasteiger partial charge in [0.05, 0.1) is 11.7 Å². The van der Waals surface area contributed by atoms with Crippen LogP contribution in [0.2, 0.25) is 0 Å². The van der Waals surface area contributed by atoms with Gasteiger partial charge in [0.2, 0.25) is 0 Å². The van der Waals surface area contributed by atoms with Gasteiger partial charge in [-0.1, -0.05) is 11.2 Å². The van der Waals surface area contributed by atoms with Crippen LogP contribution in [0.4, 0.5) is 4.39 Å². The third kappa shape index (κ3) is 1.61. The first kappa shape index (κ1) is 11.5. The van der Waals surface area contributed by atoms with Gasteiger partial charge in [-0.3, -0.25) is 0 Å². The number of nitrogens with zero attached hydrogens (tertiary/aromatic N) is 2. The van der Waals surface area contributed by atoms with E-state index in [0.29, 0.717) is 16.5 Å². The zero-order valence-electron chi connectivity index (χ0n) is 9.92. The first-order chi connectivity index (χ1) is 9.09. The van der Waals surface area contributed by atoms with Gasteiger partial charge in [-0.15, -0.1) is 0 Å². The summed E-state index contributed by atoms with van der Waals surface area (Å²) in [5, 5.41) is 12.9. The van der Waals surface area contributed by atoms with Gasteiger partial charge in [-0.2, -0.15) is 0 Å². The van der Waals surface area contributed by atoms with Crippen LogP contribution < -0.4 is 0 Å². The Bertz CT molecular complexity index is 788. The Kier molecular flexibility index (Phi) is 2.38. The number of fused-ring (bicyclic) bond motifs is 1. The molecule has 19 heavy (non-hydrogen) atoms. The number of aromatic carboxylic acids is 1. The summed E-state index contributed by atoms with van der Waals surface area (Å²) in [5.41, 5.74) is 0.948. The summed E-state index contributed by atoms with van der Waals surface area (Å²) >= 11 is 0. The average Bonchev–Trinajstić information content (AvgIpc) is 2.95. The monoisotopic (exact) mass is 260 g/mol. The number of carboxylic acids is 1. The lowest BCUT2D eigenvalue weighted by molar-refractivity contribution is 0.0697. The van der Waals surface area contributed by atoms with E-state index in [-0.39, 0.29) is 11.3 Å². The summed E-state index contributed by atoms with van der Waals surface area (Å²) < 4.78 is 20.6. The number of hydrogen-bond donors (Lipinski definition) is 1. The van der Waals surface area contributed by atoms with Gasteiger partial charge in [-0.05, 0) is 12.1 Å². The lowest BCUT2D eigenvalue weighted by Crippen LogP contribution is -1.95. The highest BCUT2D eigenvalue weighted by molar-refractivity contribution is 6.01. The molecule has 0 aliphatic carbocycles. The van der Waals surface area contributed by atoms with Gasteiger partial charge in [-0.25, -0.2) is 9.18 Å². The van der Waals surface area contributed by atoms with Crippen molar-refractivity contribution < 1.29 is 18.8 Å². The Morgan fingerprint density at radius 2 is 2.26 bits per heavy atom. The maximum atomic E-state index is 14.0. The lowest BCUT2D eigenvalue weighted by Gasteiger charge is -1.97. The fourth-order valence-corrected chi connectivity index (χ4v) is 2.16. The van der Waals surface area contributed by atoms with Crippen molar-refractivity contribution in [2.45, 2.75) is 0 Å². The Labute approximate surface area is 106 Å². The smallest absolute Gasteiger partial charge is 0.341 e. The first-order valence-electron chi connectivity index (χ1n) is 5.51. The van der Waals surface area contributed by atoms with E-state index in [1.54, 1.807) is 29.9 Å². The molecule has 0 saturated heterocycles. The summed E-state index contributed by atoms with van der Waals surface area (Å²) in [6.07, 6.45) is 2.73. The minimum atomic E-state index is -1.16. The topological polar surface area (TPSA) is 68.3 Å². The van der Waals surface area contributed by atoms with Crippen LogP contribution >= 0.6 is 0 Å². The highest BCUT2D eigenvalue weighted by Gasteiger charge is 2.22. The van der Waals surface area contributed by atoms with E-state index >= 15 is 0 Å². The fraction of sp³-hybridized carbons (Fsp3) is 0.0769. The Balaban J connectivity index is 2.37. The largest absolute Gasteiger partial charge is 0.477 e. The molecule has 0 spiro atoms. The van der Waals surface area contributed by atoms with Gasteiger partial charge in [0.25, 0.3) is 0 Å². The van der Waals surface area contributed by atoms with Crippen molar-refractivity contribution in [3.63, 3.8) is 0 Å². The molecule has 0 aliphatic rings. The number of halogens is 1. The lowest BCUT2D eigenvalue weighted by atomic mass is 10.1. The van der Waals surface area contributed by atoms with Gasteiger partial charge in [0.1, 0.15) is 11.4 Å². The van der Waals surface area contributed by atoms with E-state index in [9.17, 15) is 9.18 Å². The average molecular weight is 260 g/mol. The number of carboxylic acid groups (broad SMARTS) is 1. The first-order valence-corrected chi connectivity index (χ1v) is 5.51. The minimum Gasteiger partial charge on any atom is -0.477 e. The number of benzene rings is 1. The molecule has 2 aromatic heterocycles. The highest BCUT2D eigenvalue weighted by Crippen LogP contribution is 2.33. The standard InChI is InChI=1S/C13H9FN2O3/c1-16-6-8(11-9(14)3-2-4-10(11)16)12-7(13(17)18)5-15-19-12/h2-6H,1H3,(H,17,18). The minimum absolute atomic E-state index is 0.0585. The second-order valence-corrected chi connectivity index (χ2v) is 4.16. The summed E-state index contributed by atoms with van der Waals surface area (Å²) in [6.45, 7) is 0. The molecule has 0 radical (unpaired) electrons. The van der Waals surface area contributed by atoms with Gasteiger partial charge >= 0.3 is 5.97 Å². The van der Waals surface area contributed by atoms with Crippen LogP contribution in [0.25, 0.3) is 22.2 Å². The van der Waals surface area contributed by atoms with Crippen molar-refractivity contribution in [2.75, 3.05) is 0 Å². The van der Waals surface area contributed by atoms with Crippen molar-refractivity contribution in [3.05, 3.63) is 42.0 Å². The molecule has 2 heterocycles. The Morgan fingerprint density at radius 1 is 1.47 bits per heavy atom. The molecule has 5 nitrogen and oxygen atoms in total. The molecule has 6 heteroatoms. The van der Waals surface area contributed by atoms with Crippen LogP contribution in [-0.2, 0) is 7.05 Å². The van der Waals surface area contributed by atoms with E-state index in [1.807, 2.05) is 0 Å². The number of rotatable bonds is 2.